The van der Waals surface area contributed by atoms with E-state index in [-0.39, 0.29) is 31.1 Å². The number of carbonyl (C=O) groups excluding carboxylic acids is 3. The fraction of sp³-hybridized carbons (Fsp3) is 0.930. The molecule has 0 N–H and O–H groups in total. The first-order chi connectivity index (χ1) is 23.8. The molecule has 0 aliphatic rings. The minimum absolute atomic E-state index is 0.0665. The first kappa shape index (κ1) is 47.4. The van der Waals surface area contributed by atoms with E-state index in [0.717, 1.165) is 69.6 Å². The van der Waals surface area contributed by atoms with E-state index < -0.39 is 6.10 Å². The summed E-state index contributed by atoms with van der Waals surface area (Å²) in [6.07, 6.45) is 32.3. The van der Waals surface area contributed by atoms with Crippen molar-refractivity contribution in [3.8, 4) is 0 Å². The van der Waals surface area contributed by atoms with Gasteiger partial charge in [-0.05, 0) is 31.1 Å². The molecule has 0 aliphatic carbocycles. The van der Waals surface area contributed by atoms with Gasteiger partial charge in [0.05, 0.1) is 0 Å². The Morgan fingerprint density at radius 1 is 0.429 bits per heavy atom. The van der Waals surface area contributed by atoms with E-state index in [1.54, 1.807) is 0 Å². The summed E-state index contributed by atoms with van der Waals surface area (Å²) in [4.78, 5) is 37.5. The van der Waals surface area contributed by atoms with Gasteiger partial charge in [0.1, 0.15) is 13.2 Å². The Hall–Kier alpha value is -1.59. The second-order valence-electron chi connectivity index (χ2n) is 15.3. The fourth-order valence-corrected chi connectivity index (χ4v) is 6.19. The van der Waals surface area contributed by atoms with Gasteiger partial charge in [-0.2, -0.15) is 0 Å². The molecule has 0 heterocycles. The van der Waals surface area contributed by atoms with E-state index in [1.807, 2.05) is 0 Å². The van der Waals surface area contributed by atoms with Crippen LogP contribution in [0.25, 0.3) is 0 Å². The third kappa shape index (κ3) is 36.0. The highest BCUT2D eigenvalue weighted by atomic mass is 16.6. The molecule has 2 atom stereocenters. The van der Waals surface area contributed by atoms with Crippen molar-refractivity contribution >= 4 is 17.9 Å². The van der Waals surface area contributed by atoms with E-state index in [4.69, 9.17) is 14.2 Å². The van der Waals surface area contributed by atoms with Crippen LogP contribution in [0.5, 0.6) is 0 Å². The van der Waals surface area contributed by atoms with Crippen LogP contribution in [0.4, 0.5) is 0 Å². The highest BCUT2D eigenvalue weighted by Gasteiger charge is 2.19. The lowest BCUT2D eigenvalue weighted by atomic mass is 10.00. The van der Waals surface area contributed by atoms with Gasteiger partial charge in [0, 0.05) is 19.3 Å². The fourth-order valence-electron chi connectivity index (χ4n) is 6.19. The van der Waals surface area contributed by atoms with Crippen LogP contribution in [0, 0.1) is 11.8 Å². The minimum atomic E-state index is -0.760. The number of esters is 3. The molecule has 0 amide bonds. The summed E-state index contributed by atoms with van der Waals surface area (Å²) in [5.41, 5.74) is 0. The zero-order chi connectivity index (χ0) is 36.2. The van der Waals surface area contributed by atoms with Crippen molar-refractivity contribution in [2.75, 3.05) is 13.2 Å². The molecule has 0 saturated carbocycles. The van der Waals surface area contributed by atoms with Gasteiger partial charge in [-0.3, -0.25) is 14.4 Å². The summed E-state index contributed by atoms with van der Waals surface area (Å²) in [5.74, 6) is 0.751. The summed E-state index contributed by atoms with van der Waals surface area (Å²) < 4.78 is 16.6. The monoisotopic (exact) mass is 695 g/mol. The molecule has 0 aromatic rings. The predicted molar refractivity (Wildman–Crippen MR) is 206 cm³/mol. The predicted octanol–water partition coefficient (Wildman–Crippen LogP) is 13.0. The van der Waals surface area contributed by atoms with Crippen molar-refractivity contribution in [2.45, 2.75) is 233 Å². The Labute approximate surface area is 304 Å². The third-order valence-electron chi connectivity index (χ3n) is 9.83. The number of unbranched alkanes of at least 4 members (excludes halogenated alkanes) is 21. The summed E-state index contributed by atoms with van der Waals surface area (Å²) in [6.45, 7) is 11.3. The molecule has 1 unspecified atom stereocenters. The SMILES string of the molecule is CCCCCCCCCCCC(=O)OC[C@@H](COC(=O)CCCCCCCCCCCC(C)C)OC(=O)CCCCCCCCC(C)CC. The van der Waals surface area contributed by atoms with Crippen LogP contribution in [-0.4, -0.2) is 37.2 Å². The van der Waals surface area contributed by atoms with Gasteiger partial charge in [0.15, 0.2) is 6.10 Å². The van der Waals surface area contributed by atoms with Crippen LogP contribution in [0.15, 0.2) is 0 Å². The number of rotatable bonds is 37. The largest absolute Gasteiger partial charge is 0.462 e. The Morgan fingerprint density at radius 3 is 1.16 bits per heavy atom. The lowest BCUT2D eigenvalue weighted by Crippen LogP contribution is -2.30. The van der Waals surface area contributed by atoms with E-state index in [9.17, 15) is 14.4 Å². The second-order valence-corrected chi connectivity index (χ2v) is 15.3. The van der Waals surface area contributed by atoms with Crippen molar-refractivity contribution in [2.24, 2.45) is 11.8 Å². The molecule has 0 bridgehead atoms. The molecule has 49 heavy (non-hydrogen) atoms. The van der Waals surface area contributed by atoms with Crippen LogP contribution in [-0.2, 0) is 28.6 Å². The zero-order valence-electron chi connectivity index (χ0n) is 33.3. The summed E-state index contributed by atoms with van der Waals surface area (Å²) in [5, 5.41) is 0. The highest BCUT2D eigenvalue weighted by Crippen LogP contribution is 2.16. The lowest BCUT2D eigenvalue weighted by molar-refractivity contribution is -0.167. The lowest BCUT2D eigenvalue weighted by Gasteiger charge is -2.18. The molecule has 0 fully saturated rings. The quantitative estimate of drug-likeness (QED) is 0.0366. The van der Waals surface area contributed by atoms with E-state index >= 15 is 0 Å². The van der Waals surface area contributed by atoms with Crippen molar-refractivity contribution in [1.29, 1.82) is 0 Å². The summed E-state index contributed by atoms with van der Waals surface area (Å²) in [7, 11) is 0. The molecule has 290 valence electrons. The molecule has 0 aliphatic heterocycles. The zero-order valence-corrected chi connectivity index (χ0v) is 33.3. The maximum absolute atomic E-state index is 12.6. The highest BCUT2D eigenvalue weighted by molar-refractivity contribution is 5.71. The van der Waals surface area contributed by atoms with Crippen molar-refractivity contribution < 1.29 is 28.6 Å². The normalized spacial score (nSPS) is 12.6. The summed E-state index contributed by atoms with van der Waals surface area (Å²) in [6, 6.07) is 0. The number of ether oxygens (including phenoxy) is 3. The van der Waals surface area contributed by atoms with Crippen molar-refractivity contribution in [1.82, 2.24) is 0 Å². The molecule has 0 spiro atoms. The average Bonchev–Trinajstić information content (AvgIpc) is 3.08. The number of hydrogen-bond donors (Lipinski definition) is 0. The van der Waals surface area contributed by atoms with Gasteiger partial charge in [-0.15, -0.1) is 0 Å². The van der Waals surface area contributed by atoms with Crippen LogP contribution in [0.3, 0.4) is 0 Å². The molecule has 0 aromatic heterocycles. The Balaban J connectivity index is 4.35. The topological polar surface area (TPSA) is 78.9 Å². The van der Waals surface area contributed by atoms with E-state index in [2.05, 4.69) is 34.6 Å². The van der Waals surface area contributed by atoms with Crippen LogP contribution < -0.4 is 0 Å². The van der Waals surface area contributed by atoms with Crippen LogP contribution in [0.2, 0.25) is 0 Å². The molecule has 6 nitrogen and oxygen atoms in total. The Morgan fingerprint density at radius 2 is 0.776 bits per heavy atom. The first-order valence-corrected chi connectivity index (χ1v) is 21.3. The molecular weight excluding hydrogens is 612 g/mol. The smallest absolute Gasteiger partial charge is 0.306 e. The molecule has 0 radical (unpaired) electrons. The maximum Gasteiger partial charge on any atom is 0.306 e. The van der Waals surface area contributed by atoms with Gasteiger partial charge < -0.3 is 14.2 Å². The third-order valence-corrected chi connectivity index (χ3v) is 9.83. The summed E-state index contributed by atoms with van der Waals surface area (Å²) >= 11 is 0. The van der Waals surface area contributed by atoms with Gasteiger partial charge in [0.2, 0.25) is 0 Å². The number of hydrogen-bond acceptors (Lipinski definition) is 6. The Kier molecular flexibility index (Phi) is 35.0. The van der Waals surface area contributed by atoms with Crippen molar-refractivity contribution in [3.63, 3.8) is 0 Å². The second kappa shape index (κ2) is 36.2. The van der Waals surface area contributed by atoms with Crippen molar-refractivity contribution in [3.05, 3.63) is 0 Å². The van der Waals surface area contributed by atoms with E-state index in [0.29, 0.717) is 19.3 Å². The molecular formula is C43H82O6. The molecule has 6 heteroatoms. The minimum Gasteiger partial charge on any atom is -0.462 e. The molecule has 0 rings (SSSR count). The van der Waals surface area contributed by atoms with Gasteiger partial charge in [-0.25, -0.2) is 0 Å². The van der Waals surface area contributed by atoms with Crippen LogP contribution >= 0.6 is 0 Å². The Bertz CT molecular complexity index is 751. The standard InChI is InChI=1S/C43H82O6/c1-6-8-9-10-11-13-17-23-28-33-41(44)47-36-40(49-43(46)35-30-25-20-19-22-27-32-39(5)7-2)37-48-42(45)34-29-24-18-15-12-14-16-21-26-31-38(3)4/h38-40H,6-37H2,1-5H3/t39?,40-/m0/s1. The molecule has 0 saturated heterocycles. The van der Waals surface area contributed by atoms with Gasteiger partial charge in [-0.1, -0.05) is 189 Å². The number of carbonyl (C=O) groups is 3. The first-order valence-electron chi connectivity index (χ1n) is 21.3. The van der Waals surface area contributed by atoms with E-state index in [1.165, 1.54) is 116 Å². The van der Waals surface area contributed by atoms with Gasteiger partial charge >= 0.3 is 17.9 Å². The average molecular weight is 695 g/mol. The maximum atomic E-state index is 12.6. The molecule has 0 aromatic carbocycles. The van der Waals surface area contributed by atoms with Crippen LogP contribution in [0.1, 0.15) is 227 Å². The van der Waals surface area contributed by atoms with Gasteiger partial charge in [0.25, 0.3) is 0 Å².